The normalized spacial score (nSPS) is 17.9. The van der Waals surface area contributed by atoms with Gasteiger partial charge in [0.25, 0.3) is 5.91 Å². The average Bonchev–Trinajstić information content (AvgIpc) is 3.02. The lowest BCUT2D eigenvalue weighted by molar-refractivity contribution is -0.0218. The molecule has 134 valence electrons. The number of carbonyl (C=O) groups excluding carboxylic acids is 1. The van der Waals surface area contributed by atoms with Crippen molar-refractivity contribution in [2.45, 2.75) is 19.1 Å². The molecule has 1 aromatic carbocycles. The van der Waals surface area contributed by atoms with Crippen LogP contribution in [0.25, 0.3) is 0 Å². The van der Waals surface area contributed by atoms with Gasteiger partial charge in [-0.1, -0.05) is 12.1 Å². The summed E-state index contributed by atoms with van der Waals surface area (Å²) in [6, 6.07) is 10.0. The molecule has 0 bridgehead atoms. The summed E-state index contributed by atoms with van der Waals surface area (Å²) in [5.41, 5.74) is 0.866. The zero-order valence-electron chi connectivity index (χ0n) is 14.6. The standard InChI is InChI=1S/C19H23FN2O3/c1-21(2)12-16-6-7-18(25-16)19(23)22-8-9-24-17(13-22)11-14-4-3-5-15(20)10-14/h3-7,10,17H,8-9,11-13H2,1-2H3. The summed E-state index contributed by atoms with van der Waals surface area (Å²) in [5, 5.41) is 0. The van der Waals surface area contributed by atoms with E-state index in [0.717, 1.165) is 11.3 Å². The van der Waals surface area contributed by atoms with Crippen molar-refractivity contribution < 1.29 is 18.3 Å². The van der Waals surface area contributed by atoms with Gasteiger partial charge in [0, 0.05) is 19.5 Å². The molecule has 1 aliphatic rings. The van der Waals surface area contributed by atoms with Crippen LogP contribution in [-0.4, -0.2) is 55.6 Å². The second kappa shape index (κ2) is 7.80. The molecule has 0 spiro atoms. The van der Waals surface area contributed by atoms with Crippen LogP contribution < -0.4 is 0 Å². The van der Waals surface area contributed by atoms with Crippen LogP contribution in [0.5, 0.6) is 0 Å². The Bertz CT molecular complexity index is 729. The number of benzene rings is 1. The predicted molar refractivity (Wildman–Crippen MR) is 91.8 cm³/mol. The first-order valence-electron chi connectivity index (χ1n) is 8.40. The van der Waals surface area contributed by atoms with Crippen LogP contribution >= 0.6 is 0 Å². The van der Waals surface area contributed by atoms with Crippen LogP contribution in [0.15, 0.2) is 40.8 Å². The first-order valence-corrected chi connectivity index (χ1v) is 8.40. The number of hydrogen-bond acceptors (Lipinski definition) is 4. The van der Waals surface area contributed by atoms with Gasteiger partial charge in [0.2, 0.25) is 0 Å². The average molecular weight is 346 g/mol. The van der Waals surface area contributed by atoms with Crippen LogP contribution in [0, 0.1) is 5.82 Å². The van der Waals surface area contributed by atoms with Crippen molar-refractivity contribution in [3.63, 3.8) is 0 Å². The molecule has 0 radical (unpaired) electrons. The predicted octanol–water partition coefficient (Wildman–Crippen LogP) is 2.56. The Labute approximate surface area is 147 Å². The molecule has 1 aliphatic heterocycles. The van der Waals surface area contributed by atoms with Gasteiger partial charge < -0.3 is 19.0 Å². The molecule has 2 aromatic rings. The number of carbonyl (C=O) groups is 1. The summed E-state index contributed by atoms with van der Waals surface area (Å²) < 4.78 is 24.7. The minimum atomic E-state index is -0.259. The number of hydrogen-bond donors (Lipinski definition) is 0. The maximum Gasteiger partial charge on any atom is 0.289 e. The molecule has 1 aromatic heterocycles. The number of amides is 1. The third kappa shape index (κ3) is 4.67. The molecule has 0 saturated carbocycles. The Morgan fingerprint density at radius 3 is 2.92 bits per heavy atom. The molecule has 1 saturated heterocycles. The Kier molecular flexibility index (Phi) is 5.50. The minimum absolute atomic E-state index is 0.127. The number of nitrogens with zero attached hydrogens (tertiary/aromatic N) is 2. The second-order valence-electron chi connectivity index (χ2n) is 6.58. The van der Waals surface area contributed by atoms with Crippen LogP contribution in [-0.2, 0) is 17.7 Å². The fourth-order valence-electron chi connectivity index (χ4n) is 3.00. The third-order valence-corrected chi connectivity index (χ3v) is 4.12. The third-order valence-electron chi connectivity index (χ3n) is 4.12. The maximum atomic E-state index is 13.3. The lowest BCUT2D eigenvalue weighted by Crippen LogP contribution is -2.46. The van der Waals surface area contributed by atoms with Gasteiger partial charge in [-0.2, -0.15) is 0 Å². The molecule has 0 N–H and O–H groups in total. The smallest absolute Gasteiger partial charge is 0.289 e. The molecule has 6 heteroatoms. The molecule has 0 aliphatic carbocycles. The number of furan rings is 1. The van der Waals surface area contributed by atoms with Gasteiger partial charge in [0.15, 0.2) is 5.76 Å². The Morgan fingerprint density at radius 2 is 2.16 bits per heavy atom. The molecular weight excluding hydrogens is 323 g/mol. The molecule has 1 unspecified atom stereocenters. The second-order valence-corrected chi connectivity index (χ2v) is 6.58. The van der Waals surface area contributed by atoms with Gasteiger partial charge in [-0.05, 0) is 43.9 Å². The van der Waals surface area contributed by atoms with E-state index in [1.54, 1.807) is 17.0 Å². The first-order chi connectivity index (χ1) is 12.0. The summed E-state index contributed by atoms with van der Waals surface area (Å²) in [7, 11) is 3.89. The van der Waals surface area contributed by atoms with Crippen molar-refractivity contribution >= 4 is 5.91 Å². The van der Waals surface area contributed by atoms with Crippen LogP contribution in [0.4, 0.5) is 4.39 Å². The summed E-state index contributed by atoms with van der Waals surface area (Å²) in [6.45, 7) is 2.12. The highest BCUT2D eigenvalue weighted by Gasteiger charge is 2.27. The lowest BCUT2D eigenvalue weighted by Gasteiger charge is -2.32. The van der Waals surface area contributed by atoms with E-state index in [1.807, 2.05) is 31.1 Å². The monoisotopic (exact) mass is 346 g/mol. The van der Waals surface area contributed by atoms with Crippen molar-refractivity contribution in [2.75, 3.05) is 33.8 Å². The first kappa shape index (κ1) is 17.6. The number of halogens is 1. The number of ether oxygens (including phenoxy) is 1. The molecule has 1 atom stereocenters. The zero-order chi connectivity index (χ0) is 17.8. The fraction of sp³-hybridized carbons (Fsp3) is 0.421. The molecule has 2 heterocycles. The van der Waals surface area contributed by atoms with Gasteiger partial charge in [0.05, 0.1) is 19.3 Å². The van der Waals surface area contributed by atoms with E-state index in [2.05, 4.69) is 0 Å². The highest BCUT2D eigenvalue weighted by Crippen LogP contribution is 2.17. The number of morpholine rings is 1. The fourth-order valence-corrected chi connectivity index (χ4v) is 3.00. The lowest BCUT2D eigenvalue weighted by atomic mass is 10.1. The van der Waals surface area contributed by atoms with Crippen molar-refractivity contribution in [1.82, 2.24) is 9.80 Å². The highest BCUT2D eigenvalue weighted by atomic mass is 19.1. The van der Waals surface area contributed by atoms with E-state index in [4.69, 9.17) is 9.15 Å². The minimum Gasteiger partial charge on any atom is -0.455 e. The Balaban J connectivity index is 1.62. The van der Waals surface area contributed by atoms with Crippen LogP contribution in [0.3, 0.4) is 0 Å². The zero-order valence-corrected chi connectivity index (χ0v) is 14.6. The summed E-state index contributed by atoms with van der Waals surface area (Å²) in [5.74, 6) is 0.726. The molecule has 5 nitrogen and oxygen atoms in total. The van der Waals surface area contributed by atoms with Gasteiger partial charge in [-0.25, -0.2) is 4.39 Å². The van der Waals surface area contributed by atoms with Gasteiger partial charge in [-0.15, -0.1) is 0 Å². The quantitative estimate of drug-likeness (QED) is 0.835. The summed E-state index contributed by atoms with van der Waals surface area (Å²) in [4.78, 5) is 16.4. The van der Waals surface area contributed by atoms with Crippen molar-refractivity contribution in [2.24, 2.45) is 0 Å². The molecule has 1 amide bonds. The largest absolute Gasteiger partial charge is 0.455 e. The summed E-state index contributed by atoms with van der Waals surface area (Å²) >= 11 is 0. The van der Waals surface area contributed by atoms with E-state index in [-0.39, 0.29) is 17.8 Å². The topological polar surface area (TPSA) is 45.9 Å². The SMILES string of the molecule is CN(C)Cc1ccc(C(=O)N2CCOC(Cc3cccc(F)c3)C2)o1. The summed E-state index contributed by atoms with van der Waals surface area (Å²) in [6.07, 6.45) is 0.432. The Morgan fingerprint density at radius 1 is 1.32 bits per heavy atom. The molecule has 1 fully saturated rings. The van der Waals surface area contributed by atoms with E-state index in [1.165, 1.54) is 12.1 Å². The van der Waals surface area contributed by atoms with E-state index in [0.29, 0.717) is 38.4 Å². The van der Waals surface area contributed by atoms with E-state index >= 15 is 0 Å². The van der Waals surface area contributed by atoms with Gasteiger partial charge in [0.1, 0.15) is 11.6 Å². The van der Waals surface area contributed by atoms with Gasteiger partial charge >= 0.3 is 0 Å². The van der Waals surface area contributed by atoms with Crippen molar-refractivity contribution in [3.8, 4) is 0 Å². The van der Waals surface area contributed by atoms with Crippen LogP contribution in [0.2, 0.25) is 0 Å². The molecule has 25 heavy (non-hydrogen) atoms. The van der Waals surface area contributed by atoms with Crippen molar-refractivity contribution in [3.05, 3.63) is 59.3 Å². The molecular formula is C19H23FN2O3. The highest BCUT2D eigenvalue weighted by molar-refractivity contribution is 5.91. The van der Waals surface area contributed by atoms with E-state index < -0.39 is 0 Å². The van der Waals surface area contributed by atoms with Crippen LogP contribution in [0.1, 0.15) is 21.9 Å². The van der Waals surface area contributed by atoms with Crippen molar-refractivity contribution in [1.29, 1.82) is 0 Å². The Hall–Kier alpha value is -2.18. The van der Waals surface area contributed by atoms with Gasteiger partial charge in [-0.3, -0.25) is 4.79 Å². The number of rotatable bonds is 5. The molecule has 3 rings (SSSR count). The van der Waals surface area contributed by atoms with E-state index in [9.17, 15) is 9.18 Å². The maximum absolute atomic E-state index is 13.3.